The Kier molecular flexibility index (Phi) is 6.93. The highest BCUT2D eigenvalue weighted by molar-refractivity contribution is 7.90. The van der Waals surface area contributed by atoms with Crippen molar-refractivity contribution in [2.45, 2.75) is 11.7 Å². The average Bonchev–Trinajstić information content (AvgIpc) is 3.24. The second kappa shape index (κ2) is 10.0. The number of ether oxygens (including phenoxy) is 3. The van der Waals surface area contributed by atoms with E-state index in [1.807, 2.05) is 0 Å². The number of benzene rings is 2. The van der Waals surface area contributed by atoms with E-state index in [2.05, 4.69) is 10.3 Å². The SMILES string of the molecule is COc1cc(Cl)cc(Oc2cc(NC(=O)c3cc4cc5c(cc4s3)OCCC5S(C)(=O)=O)cc(Cl)n2)c1. The molecule has 0 bridgehead atoms. The molecule has 0 radical (unpaired) electrons. The van der Waals surface area contributed by atoms with Gasteiger partial charge >= 0.3 is 0 Å². The van der Waals surface area contributed by atoms with Gasteiger partial charge in [0.15, 0.2) is 9.84 Å². The Morgan fingerprint density at radius 2 is 1.89 bits per heavy atom. The van der Waals surface area contributed by atoms with Gasteiger partial charge in [-0.1, -0.05) is 23.2 Å². The lowest BCUT2D eigenvalue weighted by Gasteiger charge is -2.24. The third kappa shape index (κ3) is 5.62. The summed E-state index contributed by atoms with van der Waals surface area (Å²) in [5.74, 6) is 1.22. The Morgan fingerprint density at radius 3 is 2.65 bits per heavy atom. The summed E-state index contributed by atoms with van der Waals surface area (Å²) >= 11 is 13.5. The number of amides is 1. The van der Waals surface area contributed by atoms with E-state index in [-0.39, 0.29) is 16.9 Å². The van der Waals surface area contributed by atoms with Crippen LogP contribution in [-0.2, 0) is 9.84 Å². The number of nitrogens with zero attached hydrogens (tertiary/aromatic N) is 1. The molecule has 1 N–H and O–H groups in total. The number of thiophene rings is 1. The predicted octanol–water partition coefficient (Wildman–Crippen LogP) is 6.52. The van der Waals surface area contributed by atoms with E-state index in [0.29, 0.717) is 51.4 Å². The zero-order chi connectivity index (χ0) is 26.3. The number of nitrogens with one attached hydrogen (secondary N) is 1. The minimum absolute atomic E-state index is 0.120. The number of hydrogen-bond acceptors (Lipinski definition) is 8. The van der Waals surface area contributed by atoms with Crippen LogP contribution < -0.4 is 19.5 Å². The second-order valence-electron chi connectivity index (χ2n) is 8.39. The highest BCUT2D eigenvalue weighted by Crippen LogP contribution is 2.41. The van der Waals surface area contributed by atoms with Crippen molar-refractivity contribution < 1.29 is 27.4 Å². The van der Waals surface area contributed by atoms with E-state index in [1.54, 1.807) is 36.4 Å². The summed E-state index contributed by atoms with van der Waals surface area (Å²) < 4.78 is 42.0. The van der Waals surface area contributed by atoms with E-state index in [9.17, 15) is 13.2 Å². The summed E-state index contributed by atoms with van der Waals surface area (Å²) in [4.78, 5) is 17.7. The minimum Gasteiger partial charge on any atom is -0.497 e. The number of fused-ring (bicyclic) bond motifs is 2. The fourth-order valence-electron chi connectivity index (χ4n) is 4.08. The number of methoxy groups -OCH3 is 1. The first-order valence-corrected chi connectivity index (χ1v) is 14.5. The lowest BCUT2D eigenvalue weighted by molar-refractivity contribution is 0.103. The molecule has 1 aliphatic heterocycles. The molecular weight excluding hydrogens is 559 g/mol. The first-order valence-electron chi connectivity index (χ1n) is 11.0. The standard InChI is InChI=1S/C25H20Cl2N2O6S2/c1-33-16-7-14(26)8-17(11-16)35-24-10-15(9-23(27)29-24)28-25(30)21-6-13-5-18-19(12-20(13)36-21)34-4-3-22(18)37(2,31)32/h5-12,22H,3-4H2,1-2H3,(H,28,29,30). The Balaban J connectivity index is 1.40. The summed E-state index contributed by atoms with van der Waals surface area (Å²) in [6, 6.07) is 13.2. The van der Waals surface area contributed by atoms with Crippen LogP contribution in [0.1, 0.15) is 26.9 Å². The molecule has 2 aromatic heterocycles. The molecule has 37 heavy (non-hydrogen) atoms. The number of rotatable bonds is 6. The van der Waals surface area contributed by atoms with Gasteiger partial charge in [0, 0.05) is 45.8 Å². The molecule has 192 valence electrons. The lowest BCUT2D eigenvalue weighted by atomic mass is 10.0. The predicted molar refractivity (Wildman–Crippen MR) is 145 cm³/mol. The monoisotopic (exact) mass is 578 g/mol. The highest BCUT2D eigenvalue weighted by Gasteiger charge is 2.30. The van der Waals surface area contributed by atoms with Crippen molar-refractivity contribution in [3.8, 4) is 23.1 Å². The van der Waals surface area contributed by atoms with Crippen molar-refractivity contribution in [2.75, 3.05) is 25.3 Å². The van der Waals surface area contributed by atoms with Gasteiger partial charge in [0.05, 0.1) is 23.8 Å². The van der Waals surface area contributed by atoms with E-state index in [4.69, 9.17) is 37.4 Å². The molecule has 3 heterocycles. The lowest BCUT2D eigenvalue weighted by Crippen LogP contribution is -2.20. The molecule has 0 saturated heterocycles. The van der Waals surface area contributed by atoms with Crippen LogP contribution in [0.2, 0.25) is 10.2 Å². The number of hydrogen-bond donors (Lipinski definition) is 1. The summed E-state index contributed by atoms with van der Waals surface area (Å²) in [6.07, 6.45) is 1.62. The number of anilines is 1. The van der Waals surface area contributed by atoms with Crippen LogP contribution in [0.3, 0.4) is 0 Å². The fraction of sp³-hybridized carbons (Fsp3) is 0.200. The second-order valence-corrected chi connectivity index (χ2v) is 12.5. The smallest absolute Gasteiger partial charge is 0.265 e. The summed E-state index contributed by atoms with van der Waals surface area (Å²) in [5.41, 5.74) is 0.998. The van der Waals surface area contributed by atoms with Crippen LogP contribution >= 0.6 is 34.5 Å². The van der Waals surface area contributed by atoms with E-state index in [1.165, 1.54) is 36.8 Å². The molecular formula is C25H20Cl2N2O6S2. The molecule has 0 aliphatic carbocycles. The van der Waals surface area contributed by atoms with Gasteiger partial charge in [-0.15, -0.1) is 11.3 Å². The topological polar surface area (TPSA) is 104 Å². The van der Waals surface area contributed by atoms with E-state index in [0.717, 1.165) is 10.1 Å². The maximum Gasteiger partial charge on any atom is 0.265 e. The van der Waals surface area contributed by atoms with Gasteiger partial charge in [-0.3, -0.25) is 4.79 Å². The number of carbonyl (C=O) groups is 1. The van der Waals surface area contributed by atoms with Crippen molar-refractivity contribution in [3.05, 3.63) is 69.1 Å². The van der Waals surface area contributed by atoms with Crippen LogP contribution in [0.4, 0.5) is 5.69 Å². The molecule has 0 saturated carbocycles. The Morgan fingerprint density at radius 1 is 1.11 bits per heavy atom. The zero-order valence-electron chi connectivity index (χ0n) is 19.6. The van der Waals surface area contributed by atoms with Crippen LogP contribution in [0.25, 0.3) is 10.1 Å². The Labute approximate surface area is 227 Å². The van der Waals surface area contributed by atoms with Gasteiger partial charge in [0.1, 0.15) is 22.4 Å². The Bertz CT molecular complexity index is 1640. The van der Waals surface area contributed by atoms with Crippen LogP contribution in [-0.4, -0.2) is 39.3 Å². The largest absolute Gasteiger partial charge is 0.497 e. The average molecular weight is 579 g/mol. The molecule has 1 amide bonds. The molecule has 0 fully saturated rings. The molecule has 2 aromatic carbocycles. The molecule has 12 heteroatoms. The fourth-order valence-corrected chi connectivity index (χ4v) is 6.63. The van der Waals surface area contributed by atoms with Crippen LogP contribution in [0.15, 0.2) is 48.5 Å². The van der Waals surface area contributed by atoms with Crippen molar-refractivity contribution in [1.82, 2.24) is 4.98 Å². The van der Waals surface area contributed by atoms with Gasteiger partial charge < -0.3 is 19.5 Å². The molecule has 1 atom stereocenters. The number of halogens is 2. The van der Waals surface area contributed by atoms with Gasteiger partial charge in [0.25, 0.3) is 5.91 Å². The first-order chi connectivity index (χ1) is 17.6. The van der Waals surface area contributed by atoms with E-state index < -0.39 is 15.1 Å². The third-order valence-corrected chi connectivity index (χ3v) is 8.74. The van der Waals surface area contributed by atoms with Gasteiger partial charge in [-0.2, -0.15) is 0 Å². The summed E-state index contributed by atoms with van der Waals surface area (Å²) in [7, 11) is -1.78. The quantitative estimate of drug-likeness (QED) is 0.259. The van der Waals surface area contributed by atoms with Crippen molar-refractivity contribution in [2.24, 2.45) is 0 Å². The van der Waals surface area contributed by atoms with Gasteiger partial charge in [-0.25, -0.2) is 13.4 Å². The number of carbonyl (C=O) groups excluding carboxylic acids is 1. The van der Waals surface area contributed by atoms with E-state index >= 15 is 0 Å². The summed E-state index contributed by atoms with van der Waals surface area (Å²) in [6.45, 7) is 0.324. The maximum atomic E-state index is 13.1. The minimum atomic E-state index is -3.30. The summed E-state index contributed by atoms with van der Waals surface area (Å²) in [5, 5.41) is 3.49. The molecule has 5 rings (SSSR count). The number of pyridine rings is 1. The van der Waals surface area contributed by atoms with Gasteiger partial charge in [-0.05, 0) is 41.8 Å². The van der Waals surface area contributed by atoms with Crippen molar-refractivity contribution in [3.63, 3.8) is 0 Å². The molecule has 4 aromatic rings. The van der Waals surface area contributed by atoms with Gasteiger partial charge in [0.2, 0.25) is 5.88 Å². The maximum absolute atomic E-state index is 13.1. The number of aromatic nitrogens is 1. The molecule has 1 unspecified atom stereocenters. The molecule has 8 nitrogen and oxygen atoms in total. The molecule has 1 aliphatic rings. The zero-order valence-corrected chi connectivity index (χ0v) is 22.7. The van der Waals surface area contributed by atoms with Crippen molar-refractivity contribution >= 4 is 66.1 Å². The Hall–Kier alpha value is -3.05. The normalized spacial score (nSPS) is 15.1. The van der Waals surface area contributed by atoms with Crippen LogP contribution in [0, 0.1) is 0 Å². The van der Waals surface area contributed by atoms with Crippen molar-refractivity contribution in [1.29, 1.82) is 0 Å². The third-order valence-electron chi connectivity index (χ3n) is 5.71. The van der Waals surface area contributed by atoms with Crippen LogP contribution in [0.5, 0.6) is 23.1 Å². The highest BCUT2D eigenvalue weighted by atomic mass is 35.5. The first kappa shape index (κ1) is 25.6. The number of sulfone groups is 1. The molecule has 0 spiro atoms.